The van der Waals surface area contributed by atoms with Crippen molar-refractivity contribution in [1.82, 2.24) is 5.32 Å². The van der Waals surface area contributed by atoms with Gasteiger partial charge in [0.15, 0.2) is 11.5 Å². The minimum absolute atomic E-state index is 0.0528. The van der Waals surface area contributed by atoms with Crippen LogP contribution in [0.25, 0.3) is 6.08 Å². The highest BCUT2D eigenvalue weighted by Gasteiger charge is 2.17. The van der Waals surface area contributed by atoms with Gasteiger partial charge in [-0.3, -0.25) is 9.59 Å². The van der Waals surface area contributed by atoms with Gasteiger partial charge < -0.3 is 24.8 Å². The summed E-state index contributed by atoms with van der Waals surface area (Å²) in [6, 6.07) is 19.5. The number of amides is 2. The standard InChI is InChI=1S/C26H26N2O5S/c1-31-22-15-17(16-23(32-2)24(22)33-3)14-21(28-25(29)18-8-6-5-7-9-18)26(30)27-19-10-12-20(34-4)13-11-19/h5-16H,1-4H3,(H,27,30)(H,28,29)/b21-14-. The summed E-state index contributed by atoms with van der Waals surface area (Å²) in [6.45, 7) is 0. The first-order valence-corrected chi connectivity index (χ1v) is 11.5. The Morgan fingerprint density at radius 2 is 1.47 bits per heavy atom. The van der Waals surface area contributed by atoms with Crippen LogP contribution in [0.1, 0.15) is 15.9 Å². The van der Waals surface area contributed by atoms with E-state index in [0.717, 1.165) is 4.90 Å². The molecule has 0 saturated heterocycles. The molecule has 0 aromatic heterocycles. The van der Waals surface area contributed by atoms with Gasteiger partial charge in [0.05, 0.1) is 21.3 Å². The molecule has 0 aliphatic carbocycles. The third-order valence-corrected chi connectivity index (χ3v) is 5.62. The van der Waals surface area contributed by atoms with Crippen molar-refractivity contribution in [2.24, 2.45) is 0 Å². The highest BCUT2D eigenvalue weighted by atomic mass is 32.2. The Bertz CT molecular complexity index is 1150. The van der Waals surface area contributed by atoms with Crippen molar-refractivity contribution in [2.75, 3.05) is 32.9 Å². The van der Waals surface area contributed by atoms with E-state index in [1.165, 1.54) is 21.3 Å². The molecule has 0 heterocycles. The smallest absolute Gasteiger partial charge is 0.272 e. The second kappa shape index (κ2) is 11.8. The van der Waals surface area contributed by atoms with Crippen LogP contribution in [-0.4, -0.2) is 39.4 Å². The van der Waals surface area contributed by atoms with Crippen LogP contribution >= 0.6 is 11.8 Å². The molecular formula is C26H26N2O5S. The van der Waals surface area contributed by atoms with Crippen molar-refractivity contribution in [1.29, 1.82) is 0 Å². The lowest BCUT2D eigenvalue weighted by molar-refractivity contribution is -0.113. The van der Waals surface area contributed by atoms with E-state index in [9.17, 15) is 9.59 Å². The van der Waals surface area contributed by atoms with E-state index in [1.54, 1.807) is 66.4 Å². The largest absolute Gasteiger partial charge is 0.493 e. The lowest BCUT2D eigenvalue weighted by Gasteiger charge is -2.14. The number of carbonyl (C=O) groups is 2. The lowest BCUT2D eigenvalue weighted by Crippen LogP contribution is -2.30. The zero-order chi connectivity index (χ0) is 24.5. The zero-order valence-electron chi connectivity index (χ0n) is 19.4. The maximum Gasteiger partial charge on any atom is 0.272 e. The van der Waals surface area contributed by atoms with E-state index in [0.29, 0.717) is 34.1 Å². The first-order valence-electron chi connectivity index (χ1n) is 10.3. The highest BCUT2D eigenvalue weighted by Crippen LogP contribution is 2.38. The molecule has 3 aromatic rings. The fraction of sp³-hybridized carbons (Fsp3) is 0.154. The summed E-state index contributed by atoms with van der Waals surface area (Å²) >= 11 is 1.61. The van der Waals surface area contributed by atoms with Crippen molar-refractivity contribution < 1.29 is 23.8 Å². The number of thioether (sulfide) groups is 1. The molecule has 2 amide bonds. The van der Waals surface area contributed by atoms with Gasteiger partial charge in [-0.05, 0) is 66.4 Å². The summed E-state index contributed by atoms with van der Waals surface area (Å²) in [7, 11) is 4.53. The molecular weight excluding hydrogens is 452 g/mol. The summed E-state index contributed by atoms with van der Waals surface area (Å²) in [6.07, 6.45) is 3.53. The Kier molecular flexibility index (Phi) is 8.59. The fourth-order valence-corrected chi connectivity index (χ4v) is 3.57. The fourth-order valence-electron chi connectivity index (χ4n) is 3.17. The second-order valence-corrected chi connectivity index (χ2v) is 7.90. The van der Waals surface area contributed by atoms with Crippen LogP contribution in [0.15, 0.2) is 77.3 Å². The Labute approximate surface area is 203 Å². The number of ether oxygens (including phenoxy) is 3. The molecule has 0 aliphatic rings. The highest BCUT2D eigenvalue weighted by molar-refractivity contribution is 7.98. The van der Waals surface area contributed by atoms with Crippen LogP contribution in [0.5, 0.6) is 17.2 Å². The Morgan fingerprint density at radius 3 is 2.00 bits per heavy atom. The summed E-state index contributed by atoms with van der Waals surface area (Å²) in [5, 5.41) is 5.55. The summed E-state index contributed by atoms with van der Waals surface area (Å²) < 4.78 is 16.2. The summed E-state index contributed by atoms with van der Waals surface area (Å²) in [5.74, 6) is 0.391. The number of hydrogen-bond acceptors (Lipinski definition) is 6. The molecule has 0 spiro atoms. The van der Waals surface area contributed by atoms with Crippen LogP contribution in [0.3, 0.4) is 0 Å². The van der Waals surface area contributed by atoms with E-state index >= 15 is 0 Å². The van der Waals surface area contributed by atoms with Gasteiger partial charge in [0, 0.05) is 16.1 Å². The molecule has 0 atom stereocenters. The molecule has 0 aliphatic heterocycles. The van der Waals surface area contributed by atoms with Crippen molar-refractivity contribution in [2.45, 2.75) is 4.90 Å². The third kappa shape index (κ3) is 6.11. The average molecular weight is 479 g/mol. The molecule has 0 saturated carbocycles. The van der Waals surface area contributed by atoms with E-state index in [-0.39, 0.29) is 5.70 Å². The molecule has 0 fully saturated rings. The molecule has 3 rings (SSSR count). The van der Waals surface area contributed by atoms with Gasteiger partial charge in [0.1, 0.15) is 5.70 Å². The molecule has 34 heavy (non-hydrogen) atoms. The van der Waals surface area contributed by atoms with Crippen LogP contribution in [-0.2, 0) is 4.79 Å². The minimum Gasteiger partial charge on any atom is -0.493 e. The van der Waals surface area contributed by atoms with Gasteiger partial charge in [-0.1, -0.05) is 18.2 Å². The number of rotatable bonds is 9. The van der Waals surface area contributed by atoms with Crippen molar-refractivity contribution in [3.05, 3.63) is 83.6 Å². The maximum absolute atomic E-state index is 13.2. The molecule has 0 unspecified atom stereocenters. The first kappa shape index (κ1) is 24.7. The Balaban J connectivity index is 1.98. The van der Waals surface area contributed by atoms with E-state index in [2.05, 4.69) is 10.6 Å². The SMILES string of the molecule is COc1cc(/C=C(\NC(=O)c2ccccc2)C(=O)Nc2ccc(SC)cc2)cc(OC)c1OC. The van der Waals surface area contributed by atoms with Gasteiger partial charge in [-0.25, -0.2) is 0 Å². The van der Waals surface area contributed by atoms with Gasteiger partial charge in [0.25, 0.3) is 11.8 Å². The predicted molar refractivity (Wildman–Crippen MR) is 135 cm³/mol. The van der Waals surface area contributed by atoms with Crippen LogP contribution in [0.2, 0.25) is 0 Å². The number of benzene rings is 3. The molecule has 0 bridgehead atoms. The van der Waals surface area contributed by atoms with Gasteiger partial charge in [-0.15, -0.1) is 11.8 Å². The molecule has 8 heteroatoms. The molecule has 7 nitrogen and oxygen atoms in total. The molecule has 176 valence electrons. The predicted octanol–water partition coefficient (Wildman–Crippen LogP) is 4.84. The number of anilines is 1. The quantitative estimate of drug-likeness (QED) is 0.338. The first-order chi connectivity index (χ1) is 16.5. The van der Waals surface area contributed by atoms with Crippen molar-refractivity contribution in [3.63, 3.8) is 0 Å². The Morgan fingerprint density at radius 1 is 0.853 bits per heavy atom. The number of hydrogen-bond donors (Lipinski definition) is 2. The van der Waals surface area contributed by atoms with E-state index in [1.807, 2.05) is 24.5 Å². The van der Waals surface area contributed by atoms with Crippen molar-refractivity contribution in [3.8, 4) is 17.2 Å². The van der Waals surface area contributed by atoms with E-state index in [4.69, 9.17) is 14.2 Å². The molecule has 0 radical (unpaired) electrons. The van der Waals surface area contributed by atoms with E-state index < -0.39 is 11.8 Å². The summed E-state index contributed by atoms with van der Waals surface area (Å²) in [5.41, 5.74) is 1.66. The monoisotopic (exact) mass is 478 g/mol. The number of methoxy groups -OCH3 is 3. The number of nitrogens with one attached hydrogen (secondary N) is 2. The van der Waals surface area contributed by atoms with Gasteiger partial charge in [-0.2, -0.15) is 0 Å². The molecule has 3 aromatic carbocycles. The molecule has 2 N–H and O–H groups in total. The summed E-state index contributed by atoms with van der Waals surface area (Å²) in [4.78, 5) is 27.1. The average Bonchev–Trinajstić information content (AvgIpc) is 2.88. The maximum atomic E-state index is 13.2. The third-order valence-electron chi connectivity index (χ3n) is 4.87. The Hall–Kier alpha value is -3.91. The van der Waals surface area contributed by atoms with Crippen molar-refractivity contribution >= 4 is 35.3 Å². The topological polar surface area (TPSA) is 85.9 Å². The van der Waals surface area contributed by atoms with Gasteiger partial charge >= 0.3 is 0 Å². The zero-order valence-corrected chi connectivity index (χ0v) is 20.2. The van der Waals surface area contributed by atoms with Gasteiger partial charge in [0.2, 0.25) is 5.75 Å². The lowest BCUT2D eigenvalue weighted by atomic mass is 10.1. The normalized spacial score (nSPS) is 10.9. The minimum atomic E-state index is -0.477. The van der Waals surface area contributed by atoms with Crippen LogP contribution in [0, 0.1) is 0 Å². The van der Waals surface area contributed by atoms with Crippen LogP contribution in [0.4, 0.5) is 5.69 Å². The number of carbonyl (C=O) groups excluding carboxylic acids is 2. The second-order valence-electron chi connectivity index (χ2n) is 7.02. The van der Waals surface area contributed by atoms with Crippen LogP contribution < -0.4 is 24.8 Å².